The molecule has 6 nitrogen and oxygen atoms in total. The van der Waals surface area contributed by atoms with Crippen LogP contribution in [0, 0.1) is 24.4 Å². The van der Waals surface area contributed by atoms with Crippen LogP contribution in [-0.2, 0) is 13.6 Å². The Labute approximate surface area is 225 Å². The third-order valence-corrected chi connectivity index (χ3v) is 8.04. The van der Waals surface area contributed by atoms with Gasteiger partial charge in [0.1, 0.15) is 5.69 Å². The zero-order chi connectivity index (χ0) is 27.0. The molecule has 3 heterocycles. The van der Waals surface area contributed by atoms with E-state index in [0.29, 0.717) is 31.9 Å². The Balaban J connectivity index is 1.20. The van der Waals surface area contributed by atoms with Crippen molar-refractivity contribution in [2.45, 2.75) is 13.5 Å². The number of benzene rings is 2. The summed E-state index contributed by atoms with van der Waals surface area (Å²) in [7, 11) is 1.90. The Kier molecular flexibility index (Phi) is 7.59. The molecule has 0 radical (unpaired) electrons. The van der Waals surface area contributed by atoms with E-state index in [1.807, 2.05) is 48.9 Å². The molecule has 1 aromatic heterocycles. The van der Waals surface area contributed by atoms with E-state index in [9.17, 15) is 18.0 Å². The summed E-state index contributed by atoms with van der Waals surface area (Å²) in [6.07, 6.45) is 0. The average molecular weight is 546 g/mol. The lowest BCUT2D eigenvalue weighted by Crippen LogP contribution is -2.49. The fourth-order valence-corrected chi connectivity index (χ4v) is 5.53. The van der Waals surface area contributed by atoms with Gasteiger partial charge in [-0.15, -0.1) is 0 Å². The molecule has 38 heavy (non-hydrogen) atoms. The van der Waals surface area contributed by atoms with E-state index < -0.39 is 17.5 Å². The van der Waals surface area contributed by atoms with Crippen LogP contribution in [0.15, 0.2) is 42.5 Å². The third kappa shape index (κ3) is 5.22. The Bertz CT molecular complexity index is 1310. The van der Waals surface area contributed by atoms with E-state index >= 15 is 0 Å². The van der Waals surface area contributed by atoms with Gasteiger partial charge in [-0.05, 0) is 30.7 Å². The number of hydrogen-bond acceptors (Lipinski definition) is 4. The van der Waals surface area contributed by atoms with Crippen molar-refractivity contribution >= 4 is 28.9 Å². The van der Waals surface area contributed by atoms with E-state index in [4.69, 9.17) is 11.6 Å². The molecule has 0 unspecified atom stereocenters. The van der Waals surface area contributed by atoms with Gasteiger partial charge in [-0.1, -0.05) is 23.7 Å². The molecule has 0 atom stereocenters. The zero-order valence-corrected chi connectivity index (χ0v) is 22.3. The maximum absolute atomic E-state index is 13.7. The molecule has 0 saturated carbocycles. The van der Waals surface area contributed by atoms with Gasteiger partial charge in [-0.25, -0.2) is 13.2 Å². The number of rotatable bonds is 5. The van der Waals surface area contributed by atoms with Crippen LogP contribution in [-0.4, -0.2) is 72.6 Å². The van der Waals surface area contributed by atoms with Crippen LogP contribution in [0.25, 0.3) is 0 Å². The van der Waals surface area contributed by atoms with E-state index in [1.165, 1.54) is 0 Å². The molecule has 2 fully saturated rings. The van der Waals surface area contributed by atoms with Crippen LogP contribution in [0.4, 0.5) is 24.5 Å². The van der Waals surface area contributed by atoms with Crippen molar-refractivity contribution in [3.63, 3.8) is 0 Å². The van der Waals surface area contributed by atoms with Crippen molar-refractivity contribution in [3.8, 4) is 0 Å². The molecule has 0 spiro atoms. The molecule has 2 aliphatic heterocycles. The number of carbonyl (C=O) groups excluding carboxylic acids is 1. The number of piperazine rings is 2. The first-order valence-corrected chi connectivity index (χ1v) is 13.2. The summed E-state index contributed by atoms with van der Waals surface area (Å²) in [6.45, 7) is 7.97. The summed E-state index contributed by atoms with van der Waals surface area (Å²) in [4.78, 5) is 21.6. The van der Waals surface area contributed by atoms with Crippen LogP contribution in [0.2, 0.25) is 5.02 Å². The number of halogens is 4. The van der Waals surface area contributed by atoms with E-state index in [2.05, 4.69) is 9.80 Å². The highest BCUT2D eigenvalue weighted by atomic mass is 35.5. The Morgan fingerprint density at radius 2 is 1.47 bits per heavy atom. The summed E-state index contributed by atoms with van der Waals surface area (Å²) in [5, 5.41) is 0.765. The maximum Gasteiger partial charge on any atom is 0.270 e. The van der Waals surface area contributed by atoms with Gasteiger partial charge in [0.25, 0.3) is 5.91 Å². The first-order chi connectivity index (χ1) is 18.2. The Hall–Kier alpha value is -3.17. The van der Waals surface area contributed by atoms with Crippen molar-refractivity contribution in [3.05, 3.63) is 81.9 Å². The van der Waals surface area contributed by atoms with Crippen LogP contribution in [0.3, 0.4) is 0 Å². The normalized spacial score (nSPS) is 16.8. The Morgan fingerprint density at radius 1 is 0.868 bits per heavy atom. The van der Waals surface area contributed by atoms with Crippen LogP contribution in [0.5, 0.6) is 0 Å². The predicted octanol–water partition coefficient (Wildman–Crippen LogP) is 4.69. The number of nitrogens with zero attached hydrogens (tertiary/aromatic N) is 5. The molecule has 10 heteroatoms. The summed E-state index contributed by atoms with van der Waals surface area (Å²) in [5.74, 6) is -3.97. The molecular weight excluding hydrogens is 515 g/mol. The molecule has 202 valence electrons. The summed E-state index contributed by atoms with van der Waals surface area (Å²) >= 11 is 6.38. The SMILES string of the molecule is Cc1c(CN2CCN(c3ccccc3Cl)CC2)cc(C(=O)N2CCN(c3cc(F)c(F)c(F)c3)CC2)n1C. The van der Waals surface area contributed by atoms with E-state index in [1.54, 1.807) is 9.80 Å². The molecule has 0 aliphatic carbocycles. The Morgan fingerprint density at radius 3 is 2.11 bits per heavy atom. The highest BCUT2D eigenvalue weighted by Gasteiger charge is 2.27. The number of carbonyl (C=O) groups is 1. The molecule has 0 bridgehead atoms. The maximum atomic E-state index is 13.7. The third-order valence-electron chi connectivity index (χ3n) is 7.72. The molecule has 3 aromatic rings. The number of para-hydroxylation sites is 1. The van der Waals surface area contributed by atoms with Crippen LogP contribution in [0.1, 0.15) is 21.7 Å². The number of aromatic nitrogens is 1. The lowest BCUT2D eigenvalue weighted by Gasteiger charge is -2.36. The topological polar surface area (TPSA) is 35.0 Å². The summed E-state index contributed by atoms with van der Waals surface area (Å²) < 4.78 is 42.6. The zero-order valence-electron chi connectivity index (χ0n) is 21.6. The molecule has 2 aromatic carbocycles. The lowest BCUT2D eigenvalue weighted by molar-refractivity contribution is 0.0737. The second-order valence-corrected chi connectivity index (χ2v) is 10.3. The van der Waals surface area contributed by atoms with Crippen molar-refractivity contribution in [2.24, 2.45) is 7.05 Å². The standard InChI is InChI=1S/C28H31ClF3N5O/c1-19-20(18-34-7-9-36(10-8-34)25-6-4-3-5-22(25)29)15-26(33(19)2)28(38)37-13-11-35(12-14-37)21-16-23(30)27(32)24(31)17-21/h3-6,15-17H,7-14,18H2,1-2H3. The number of anilines is 2. The highest BCUT2D eigenvalue weighted by molar-refractivity contribution is 6.33. The molecular formula is C28H31ClF3N5O. The van der Waals surface area contributed by atoms with Crippen molar-refractivity contribution in [2.75, 3.05) is 62.2 Å². The number of hydrogen-bond donors (Lipinski definition) is 0. The van der Waals surface area contributed by atoms with Gasteiger partial charge in [0.15, 0.2) is 17.5 Å². The fourth-order valence-electron chi connectivity index (χ4n) is 5.28. The largest absolute Gasteiger partial charge is 0.368 e. The summed E-state index contributed by atoms with van der Waals surface area (Å²) in [6, 6.07) is 11.9. The van der Waals surface area contributed by atoms with Gasteiger partial charge in [0, 0.05) is 89.5 Å². The second kappa shape index (κ2) is 10.9. The van der Waals surface area contributed by atoms with Gasteiger partial charge in [0.05, 0.1) is 10.7 Å². The fraction of sp³-hybridized carbons (Fsp3) is 0.393. The molecule has 2 aliphatic rings. The molecule has 5 rings (SSSR count). The molecule has 2 saturated heterocycles. The minimum Gasteiger partial charge on any atom is -0.368 e. The van der Waals surface area contributed by atoms with Gasteiger partial charge >= 0.3 is 0 Å². The van der Waals surface area contributed by atoms with Crippen LogP contribution >= 0.6 is 11.6 Å². The van der Waals surface area contributed by atoms with Crippen LogP contribution < -0.4 is 9.80 Å². The minimum atomic E-state index is -1.47. The van der Waals surface area contributed by atoms with E-state index in [0.717, 1.165) is 66.8 Å². The highest BCUT2D eigenvalue weighted by Crippen LogP contribution is 2.27. The molecule has 1 amide bonds. The second-order valence-electron chi connectivity index (χ2n) is 9.92. The lowest BCUT2D eigenvalue weighted by atomic mass is 10.2. The van der Waals surface area contributed by atoms with Gasteiger partial charge in [-0.2, -0.15) is 0 Å². The van der Waals surface area contributed by atoms with Gasteiger partial charge < -0.3 is 19.3 Å². The van der Waals surface area contributed by atoms with Crippen molar-refractivity contribution in [1.82, 2.24) is 14.4 Å². The quantitative estimate of drug-likeness (QED) is 0.436. The predicted molar refractivity (Wildman–Crippen MR) is 144 cm³/mol. The average Bonchev–Trinajstić information content (AvgIpc) is 3.20. The number of amides is 1. The smallest absolute Gasteiger partial charge is 0.270 e. The van der Waals surface area contributed by atoms with Crippen molar-refractivity contribution in [1.29, 1.82) is 0 Å². The van der Waals surface area contributed by atoms with Gasteiger partial charge in [-0.3, -0.25) is 9.69 Å². The summed E-state index contributed by atoms with van der Waals surface area (Å²) in [5.41, 5.74) is 4.14. The van der Waals surface area contributed by atoms with Gasteiger partial charge in [0.2, 0.25) is 0 Å². The van der Waals surface area contributed by atoms with Crippen molar-refractivity contribution < 1.29 is 18.0 Å². The monoisotopic (exact) mass is 545 g/mol. The van der Waals surface area contributed by atoms with E-state index in [-0.39, 0.29) is 11.6 Å². The first-order valence-electron chi connectivity index (χ1n) is 12.8. The molecule has 0 N–H and O–H groups in total. The minimum absolute atomic E-state index is 0.0680. The first kappa shape index (κ1) is 26.4.